The summed E-state index contributed by atoms with van der Waals surface area (Å²) < 4.78 is 3.94. The van der Waals surface area contributed by atoms with E-state index < -0.39 is 0 Å². The third kappa shape index (κ3) is 4.42. The van der Waals surface area contributed by atoms with Gasteiger partial charge in [0.2, 0.25) is 0 Å². The van der Waals surface area contributed by atoms with Crippen LogP contribution >= 0.6 is 11.5 Å². The maximum atomic E-state index is 9.20. The molecule has 0 aromatic carbocycles. The Balaban J connectivity index is 2.42. The van der Waals surface area contributed by atoms with Gasteiger partial charge in [0.15, 0.2) is 0 Å². The Morgan fingerprint density at radius 3 is 2.94 bits per heavy atom. The first-order valence-corrected chi connectivity index (χ1v) is 6.32. The molecule has 1 aromatic rings. The van der Waals surface area contributed by atoms with E-state index >= 15 is 0 Å². The molecule has 5 nitrogen and oxygen atoms in total. The van der Waals surface area contributed by atoms with Crippen LogP contribution in [0.1, 0.15) is 26.0 Å². The molecule has 1 unspecified atom stereocenters. The number of hydrogen-bond acceptors (Lipinski definition) is 6. The molecule has 0 aliphatic carbocycles. The van der Waals surface area contributed by atoms with Crippen LogP contribution in [-0.4, -0.2) is 45.8 Å². The second-order valence-electron chi connectivity index (χ2n) is 3.95. The van der Waals surface area contributed by atoms with Crippen molar-refractivity contribution in [2.45, 2.75) is 32.9 Å². The highest BCUT2D eigenvalue weighted by Gasteiger charge is 2.10. The van der Waals surface area contributed by atoms with Gasteiger partial charge in [0.1, 0.15) is 10.7 Å². The quantitative estimate of drug-likeness (QED) is 0.754. The van der Waals surface area contributed by atoms with Crippen LogP contribution < -0.4 is 5.32 Å². The SMILES string of the molecule is CCNc1snnc1CN(C)CCC(C)O. The van der Waals surface area contributed by atoms with Gasteiger partial charge in [-0.2, -0.15) is 0 Å². The zero-order valence-corrected chi connectivity index (χ0v) is 10.9. The minimum absolute atomic E-state index is 0.246. The molecule has 1 heterocycles. The van der Waals surface area contributed by atoms with E-state index in [4.69, 9.17) is 0 Å². The van der Waals surface area contributed by atoms with Crippen molar-refractivity contribution in [3.8, 4) is 0 Å². The monoisotopic (exact) mass is 244 g/mol. The number of rotatable bonds is 7. The first kappa shape index (κ1) is 13.3. The first-order chi connectivity index (χ1) is 7.63. The first-order valence-electron chi connectivity index (χ1n) is 5.55. The van der Waals surface area contributed by atoms with Crippen molar-refractivity contribution in [3.63, 3.8) is 0 Å². The molecule has 92 valence electrons. The molecule has 0 spiro atoms. The number of aromatic nitrogens is 2. The van der Waals surface area contributed by atoms with E-state index in [2.05, 4.69) is 26.7 Å². The molecule has 0 saturated carbocycles. The zero-order chi connectivity index (χ0) is 12.0. The van der Waals surface area contributed by atoms with E-state index in [0.29, 0.717) is 0 Å². The summed E-state index contributed by atoms with van der Waals surface area (Å²) in [6, 6.07) is 0. The normalized spacial score (nSPS) is 13.1. The van der Waals surface area contributed by atoms with Crippen LogP contribution in [0.4, 0.5) is 5.00 Å². The number of nitrogens with zero attached hydrogens (tertiary/aromatic N) is 3. The summed E-state index contributed by atoms with van der Waals surface area (Å²) >= 11 is 1.39. The number of anilines is 1. The topological polar surface area (TPSA) is 61.3 Å². The number of hydrogen-bond donors (Lipinski definition) is 2. The molecular formula is C10H20N4OS. The average Bonchev–Trinajstić information content (AvgIpc) is 2.63. The van der Waals surface area contributed by atoms with Crippen LogP contribution in [0, 0.1) is 0 Å². The van der Waals surface area contributed by atoms with Gasteiger partial charge in [-0.05, 0) is 27.3 Å². The summed E-state index contributed by atoms with van der Waals surface area (Å²) in [5, 5.41) is 17.6. The maximum absolute atomic E-state index is 9.20. The Morgan fingerprint density at radius 1 is 1.56 bits per heavy atom. The average molecular weight is 244 g/mol. The van der Waals surface area contributed by atoms with Crippen LogP contribution in [0.3, 0.4) is 0 Å². The van der Waals surface area contributed by atoms with Gasteiger partial charge in [0.25, 0.3) is 0 Å². The van der Waals surface area contributed by atoms with Crippen molar-refractivity contribution >= 4 is 16.5 Å². The van der Waals surface area contributed by atoms with Crippen molar-refractivity contribution in [3.05, 3.63) is 5.69 Å². The summed E-state index contributed by atoms with van der Waals surface area (Å²) in [6.07, 6.45) is 0.536. The molecule has 16 heavy (non-hydrogen) atoms. The third-order valence-electron chi connectivity index (χ3n) is 2.24. The Morgan fingerprint density at radius 2 is 2.31 bits per heavy atom. The number of aliphatic hydroxyl groups excluding tert-OH is 1. The standard InChI is InChI=1S/C10H20N4OS/c1-4-11-10-9(12-13-16-10)7-14(3)6-5-8(2)15/h8,11,15H,4-7H2,1-3H3. The molecule has 1 aromatic heterocycles. The summed E-state index contributed by atoms with van der Waals surface area (Å²) in [4.78, 5) is 2.14. The Hall–Kier alpha value is -0.720. The number of aliphatic hydroxyl groups is 1. The van der Waals surface area contributed by atoms with Crippen LogP contribution in [0.15, 0.2) is 0 Å². The fourth-order valence-electron chi connectivity index (χ4n) is 1.35. The molecule has 0 radical (unpaired) electrons. The van der Waals surface area contributed by atoms with Crippen molar-refractivity contribution in [1.29, 1.82) is 0 Å². The smallest absolute Gasteiger partial charge is 0.134 e. The number of nitrogens with one attached hydrogen (secondary N) is 1. The lowest BCUT2D eigenvalue weighted by molar-refractivity contribution is 0.162. The van der Waals surface area contributed by atoms with Crippen LogP contribution in [0.2, 0.25) is 0 Å². The maximum Gasteiger partial charge on any atom is 0.134 e. The van der Waals surface area contributed by atoms with E-state index in [-0.39, 0.29) is 6.10 Å². The predicted octanol–water partition coefficient (Wildman–Crippen LogP) is 1.17. The Labute approximate surface area is 101 Å². The summed E-state index contributed by atoms with van der Waals surface area (Å²) in [5.74, 6) is 0. The summed E-state index contributed by atoms with van der Waals surface area (Å²) in [5.41, 5.74) is 0.986. The molecule has 0 aliphatic heterocycles. The highest BCUT2D eigenvalue weighted by Crippen LogP contribution is 2.18. The summed E-state index contributed by atoms with van der Waals surface area (Å²) in [6.45, 7) is 6.38. The molecular weight excluding hydrogens is 224 g/mol. The highest BCUT2D eigenvalue weighted by molar-refractivity contribution is 7.10. The minimum atomic E-state index is -0.246. The molecule has 0 amide bonds. The lowest BCUT2D eigenvalue weighted by atomic mass is 10.2. The Kier molecular flexibility index (Phi) is 5.65. The lowest BCUT2D eigenvalue weighted by Gasteiger charge is -2.16. The van der Waals surface area contributed by atoms with Crippen molar-refractivity contribution < 1.29 is 5.11 Å². The molecule has 0 saturated heterocycles. The van der Waals surface area contributed by atoms with Gasteiger partial charge in [0.05, 0.1) is 6.10 Å². The zero-order valence-electron chi connectivity index (χ0n) is 10.1. The van der Waals surface area contributed by atoms with Gasteiger partial charge in [-0.1, -0.05) is 4.49 Å². The van der Waals surface area contributed by atoms with E-state index in [0.717, 1.165) is 36.8 Å². The predicted molar refractivity (Wildman–Crippen MR) is 66.7 cm³/mol. The van der Waals surface area contributed by atoms with E-state index in [1.807, 2.05) is 14.0 Å². The molecule has 2 N–H and O–H groups in total. The summed E-state index contributed by atoms with van der Waals surface area (Å²) in [7, 11) is 2.03. The largest absolute Gasteiger partial charge is 0.393 e. The van der Waals surface area contributed by atoms with Crippen LogP contribution in [0.25, 0.3) is 0 Å². The second kappa shape index (κ2) is 6.78. The van der Waals surface area contributed by atoms with E-state index in [9.17, 15) is 5.11 Å². The van der Waals surface area contributed by atoms with Gasteiger partial charge in [-0.3, -0.25) is 0 Å². The van der Waals surface area contributed by atoms with Crippen LogP contribution in [0.5, 0.6) is 0 Å². The molecule has 0 bridgehead atoms. The molecule has 1 atom stereocenters. The molecule has 0 fully saturated rings. The van der Waals surface area contributed by atoms with Crippen molar-refractivity contribution in [1.82, 2.24) is 14.5 Å². The van der Waals surface area contributed by atoms with Crippen LogP contribution in [-0.2, 0) is 6.54 Å². The van der Waals surface area contributed by atoms with Gasteiger partial charge in [-0.15, -0.1) is 5.10 Å². The van der Waals surface area contributed by atoms with Gasteiger partial charge >= 0.3 is 0 Å². The minimum Gasteiger partial charge on any atom is -0.393 e. The fraction of sp³-hybridized carbons (Fsp3) is 0.800. The van der Waals surface area contributed by atoms with E-state index in [1.165, 1.54) is 11.5 Å². The van der Waals surface area contributed by atoms with Gasteiger partial charge in [0, 0.05) is 31.2 Å². The highest BCUT2D eigenvalue weighted by atomic mass is 32.1. The van der Waals surface area contributed by atoms with Crippen molar-refractivity contribution in [2.24, 2.45) is 0 Å². The lowest BCUT2D eigenvalue weighted by Crippen LogP contribution is -2.22. The molecule has 1 rings (SSSR count). The third-order valence-corrected chi connectivity index (χ3v) is 2.97. The van der Waals surface area contributed by atoms with Crippen molar-refractivity contribution in [2.75, 3.05) is 25.5 Å². The van der Waals surface area contributed by atoms with Gasteiger partial charge in [-0.25, -0.2) is 0 Å². The van der Waals surface area contributed by atoms with E-state index in [1.54, 1.807) is 0 Å². The Bertz CT molecular complexity index is 303. The second-order valence-corrected chi connectivity index (χ2v) is 4.71. The molecule has 6 heteroatoms. The fourth-order valence-corrected chi connectivity index (χ4v) is 1.99. The van der Waals surface area contributed by atoms with Gasteiger partial charge < -0.3 is 15.3 Å². The molecule has 0 aliphatic rings.